The van der Waals surface area contributed by atoms with Gasteiger partial charge in [-0.05, 0) is 39.8 Å². The molecule has 0 spiro atoms. The lowest BCUT2D eigenvalue weighted by atomic mass is 10.2. The molecule has 3 aromatic heterocycles. The first-order chi connectivity index (χ1) is 10.5. The van der Waals surface area contributed by atoms with Gasteiger partial charge in [-0.25, -0.2) is 9.97 Å². The summed E-state index contributed by atoms with van der Waals surface area (Å²) in [5, 5.41) is 16.4. The smallest absolute Gasteiger partial charge is 0.200 e. The molecule has 0 fully saturated rings. The van der Waals surface area contributed by atoms with E-state index >= 15 is 0 Å². The molecule has 0 radical (unpaired) electrons. The molecule has 0 unspecified atom stereocenters. The minimum Gasteiger partial charge on any atom is -0.253 e. The number of pyridine rings is 1. The number of hydrogen-bond acceptors (Lipinski definition) is 7. The maximum atomic E-state index is 4.45. The molecule has 110 valence electrons. The first-order valence-corrected chi connectivity index (χ1v) is 6.87. The summed E-state index contributed by atoms with van der Waals surface area (Å²) in [6.07, 6.45) is 1.68. The summed E-state index contributed by atoms with van der Waals surface area (Å²) in [7, 11) is 0. The number of hydrogen-bond donors (Lipinski definition) is 0. The van der Waals surface area contributed by atoms with Gasteiger partial charge < -0.3 is 0 Å². The van der Waals surface area contributed by atoms with Crippen molar-refractivity contribution in [2.75, 3.05) is 0 Å². The lowest BCUT2D eigenvalue weighted by Gasteiger charge is -2.05. The van der Waals surface area contributed by atoms with Gasteiger partial charge in [0.05, 0.1) is 22.8 Å². The molecule has 7 heteroatoms. The highest BCUT2D eigenvalue weighted by atomic mass is 15.2. The Kier molecular flexibility index (Phi) is 3.54. The van der Waals surface area contributed by atoms with Crippen LogP contribution >= 0.6 is 0 Å². The van der Waals surface area contributed by atoms with Gasteiger partial charge in [0, 0.05) is 11.8 Å². The summed E-state index contributed by atoms with van der Waals surface area (Å²) in [6.45, 7) is 7.56. The van der Waals surface area contributed by atoms with E-state index in [1.54, 1.807) is 6.20 Å². The minimum absolute atomic E-state index is 0.488. The zero-order valence-electron chi connectivity index (χ0n) is 12.9. The van der Waals surface area contributed by atoms with Crippen molar-refractivity contribution in [3.05, 3.63) is 41.1 Å². The Balaban J connectivity index is 2.05. The van der Waals surface area contributed by atoms with Crippen LogP contribution in [0.3, 0.4) is 0 Å². The molecule has 0 aliphatic heterocycles. The molecule has 0 atom stereocenters. The van der Waals surface area contributed by atoms with Crippen LogP contribution in [0, 0.1) is 27.7 Å². The highest BCUT2D eigenvalue weighted by Gasteiger charge is 2.10. The van der Waals surface area contributed by atoms with Crippen molar-refractivity contribution < 1.29 is 0 Å². The Labute approximate surface area is 127 Å². The third-order valence-corrected chi connectivity index (χ3v) is 3.43. The second kappa shape index (κ2) is 5.51. The van der Waals surface area contributed by atoms with E-state index < -0.39 is 0 Å². The predicted molar refractivity (Wildman–Crippen MR) is 80.8 cm³/mol. The van der Waals surface area contributed by atoms with Crippen LogP contribution in [-0.2, 0) is 0 Å². The molecule has 0 bridgehead atoms. The average molecular weight is 293 g/mol. The lowest BCUT2D eigenvalue weighted by molar-refractivity contribution is 0.896. The van der Waals surface area contributed by atoms with Crippen molar-refractivity contribution in [1.82, 2.24) is 35.3 Å². The molecular formula is C15H15N7. The fourth-order valence-corrected chi connectivity index (χ4v) is 1.84. The molecule has 0 amide bonds. The monoisotopic (exact) mass is 293 g/mol. The number of aryl methyl sites for hydroxylation is 4. The van der Waals surface area contributed by atoms with E-state index in [1.165, 1.54) is 0 Å². The number of aromatic nitrogens is 7. The Bertz CT molecular complexity index is 778. The van der Waals surface area contributed by atoms with Gasteiger partial charge in [0.1, 0.15) is 5.69 Å². The van der Waals surface area contributed by atoms with Crippen LogP contribution in [0.5, 0.6) is 0 Å². The topological polar surface area (TPSA) is 90.2 Å². The van der Waals surface area contributed by atoms with E-state index in [-0.39, 0.29) is 0 Å². The number of rotatable bonds is 2. The van der Waals surface area contributed by atoms with Crippen molar-refractivity contribution in [3.8, 4) is 22.9 Å². The Hall–Kier alpha value is -2.83. The molecule has 22 heavy (non-hydrogen) atoms. The zero-order chi connectivity index (χ0) is 15.7. The van der Waals surface area contributed by atoms with Crippen molar-refractivity contribution in [2.45, 2.75) is 27.7 Å². The second-order valence-corrected chi connectivity index (χ2v) is 5.04. The third-order valence-electron chi connectivity index (χ3n) is 3.43. The van der Waals surface area contributed by atoms with Gasteiger partial charge in [0.2, 0.25) is 5.82 Å². The quantitative estimate of drug-likeness (QED) is 0.713. The molecular weight excluding hydrogens is 278 g/mol. The van der Waals surface area contributed by atoms with Crippen molar-refractivity contribution in [1.29, 1.82) is 0 Å². The third kappa shape index (κ3) is 2.65. The SMILES string of the molecule is Cc1nnc(-c2ccnc(-c3nnc(C)c(C)n3)c2)nc1C. The Morgan fingerprint density at radius 1 is 0.682 bits per heavy atom. The molecule has 0 saturated carbocycles. The molecule has 0 aliphatic rings. The summed E-state index contributed by atoms with van der Waals surface area (Å²) < 4.78 is 0. The fraction of sp³-hybridized carbons (Fsp3) is 0.267. The molecule has 3 rings (SSSR count). The second-order valence-electron chi connectivity index (χ2n) is 5.04. The standard InChI is InChI=1S/C15H15N7/c1-8-10(3)19-21-14(17-8)12-5-6-16-13(7-12)15-18-9(2)11(4)20-22-15/h5-7H,1-4H3. The van der Waals surface area contributed by atoms with E-state index in [2.05, 4.69) is 35.3 Å². The van der Waals surface area contributed by atoms with Crippen LogP contribution in [0.1, 0.15) is 22.8 Å². The zero-order valence-corrected chi connectivity index (χ0v) is 12.9. The summed E-state index contributed by atoms with van der Waals surface area (Å²) in [5.41, 5.74) is 4.77. The Morgan fingerprint density at radius 3 is 1.91 bits per heavy atom. The van der Waals surface area contributed by atoms with Gasteiger partial charge in [-0.1, -0.05) is 0 Å². The van der Waals surface area contributed by atoms with Crippen LogP contribution in [-0.4, -0.2) is 35.3 Å². The van der Waals surface area contributed by atoms with Crippen LogP contribution < -0.4 is 0 Å². The molecule has 0 aliphatic carbocycles. The molecule has 3 heterocycles. The van der Waals surface area contributed by atoms with Gasteiger partial charge in [-0.15, -0.1) is 10.2 Å². The molecule has 7 nitrogen and oxygen atoms in total. The highest BCUT2D eigenvalue weighted by molar-refractivity contribution is 5.62. The van der Waals surface area contributed by atoms with Crippen molar-refractivity contribution in [2.24, 2.45) is 0 Å². The van der Waals surface area contributed by atoms with Crippen LogP contribution in [0.15, 0.2) is 18.3 Å². The summed E-state index contributed by atoms with van der Waals surface area (Å²) in [6, 6.07) is 3.68. The number of nitrogens with zero attached hydrogens (tertiary/aromatic N) is 7. The average Bonchev–Trinajstić information content (AvgIpc) is 2.53. The van der Waals surface area contributed by atoms with E-state index in [9.17, 15) is 0 Å². The lowest BCUT2D eigenvalue weighted by Crippen LogP contribution is -2.01. The molecule has 3 aromatic rings. The van der Waals surface area contributed by atoms with Gasteiger partial charge in [0.25, 0.3) is 0 Å². The maximum Gasteiger partial charge on any atom is 0.200 e. The van der Waals surface area contributed by atoms with Gasteiger partial charge in [0.15, 0.2) is 5.82 Å². The van der Waals surface area contributed by atoms with E-state index in [0.717, 1.165) is 28.3 Å². The minimum atomic E-state index is 0.488. The van der Waals surface area contributed by atoms with Gasteiger partial charge >= 0.3 is 0 Å². The van der Waals surface area contributed by atoms with Crippen LogP contribution in [0.25, 0.3) is 22.9 Å². The fourth-order valence-electron chi connectivity index (χ4n) is 1.84. The highest BCUT2D eigenvalue weighted by Crippen LogP contribution is 2.20. The summed E-state index contributed by atoms with van der Waals surface area (Å²) in [4.78, 5) is 13.2. The maximum absolute atomic E-state index is 4.45. The van der Waals surface area contributed by atoms with E-state index in [0.29, 0.717) is 17.3 Å². The van der Waals surface area contributed by atoms with Crippen LogP contribution in [0.2, 0.25) is 0 Å². The first kappa shape index (κ1) is 14.1. The summed E-state index contributed by atoms with van der Waals surface area (Å²) >= 11 is 0. The van der Waals surface area contributed by atoms with Crippen molar-refractivity contribution >= 4 is 0 Å². The van der Waals surface area contributed by atoms with E-state index in [1.807, 2.05) is 39.8 Å². The predicted octanol–water partition coefficient (Wildman–Crippen LogP) is 2.02. The van der Waals surface area contributed by atoms with Crippen LogP contribution in [0.4, 0.5) is 0 Å². The van der Waals surface area contributed by atoms with Gasteiger partial charge in [-0.3, -0.25) is 4.98 Å². The normalized spacial score (nSPS) is 10.7. The summed E-state index contributed by atoms with van der Waals surface area (Å²) in [5.74, 6) is 1.05. The largest absolute Gasteiger partial charge is 0.253 e. The van der Waals surface area contributed by atoms with Gasteiger partial charge in [-0.2, -0.15) is 10.2 Å². The molecule has 0 saturated heterocycles. The molecule has 0 aromatic carbocycles. The molecule has 0 N–H and O–H groups in total. The Morgan fingerprint density at radius 2 is 1.27 bits per heavy atom. The first-order valence-electron chi connectivity index (χ1n) is 6.87. The van der Waals surface area contributed by atoms with Crippen molar-refractivity contribution in [3.63, 3.8) is 0 Å². The van der Waals surface area contributed by atoms with E-state index in [4.69, 9.17) is 0 Å².